The van der Waals surface area contributed by atoms with Gasteiger partial charge in [0.1, 0.15) is 0 Å². The maximum Gasteiger partial charge on any atom is 0.222 e. The SMILES string of the molecule is CC(=O)C1OC(C)O1. The van der Waals surface area contributed by atoms with Crippen molar-refractivity contribution < 1.29 is 14.3 Å². The Hall–Kier alpha value is -0.410. The number of hydrogen-bond acceptors (Lipinski definition) is 3. The molecule has 1 aliphatic rings. The molecule has 0 aromatic carbocycles. The van der Waals surface area contributed by atoms with E-state index < -0.39 is 6.29 Å². The van der Waals surface area contributed by atoms with Crippen LogP contribution in [0.4, 0.5) is 0 Å². The van der Waals surface area contributed by atoms with Crippen molar-refractivity contribution in [2.45, 2.75) is 26.4 Å². The van der Waals surface area contributed by atoms with Gasteiger partial charge in [0.05, 0.1) is 0 Å². The van der Waals surface area contributed by atoms with Crippen LogP contribution in [0.2, 0.25) is 0 Å². The average molecular weight is 116 g/mol. The Kier molecular flexibility index (Phi) is 1.31. The van der Waals surface area contributed by atoms with Gasteiger partial charge < -0.3 is 9.47 Å². The first kappa shape index (κ1) is 5.72. The summed E-state index contributed by atoms with van der Waals surface area (Å²) in [5, 5.41) is 0. The normalized spacial score (nSPS) is 36.2. The third-order valence-electron chi connectivity index (χ3n) is 0.962. The van der Waals surface area contributed by atoms with Gasteiger partial charge in [0.2, 0.25) is 6.29 Å². The van der Waals surface area contributed by atoms with E-state index in [-0.39, 0.29) is 12.1 Å². The summed E-state index contributed by atoms with van der Waals surface area (Å²) in [4.78, 5) is 10.3. The summed E-state index contributed by atoms with van der Waals surface area (Å²) in [7, 11) is 0. The highest BCUT2D eigenvalue weighted by Gasteiger charge is 2.30. The standard InChI is InChI=1S/C5H8O3/c1-3(6)5-7-4(2)8-5/h4-5H,1-2H3. The Morgan fingerprint density at radius 3 is 2.12 bits per heavy atom. The molecule has 8 heavy (non-hydrogen) atoms. The van der Waals surface area contributed by atoms with Gasteiger partial charge in [-0.1, -0.05) is 0 Å². The predicted molar refractivity (Wildman–Crippen MR) is 26.1 cm³/mol. The van der Waals surface area contributed by atoms with Crippen LogP contribution in [0.3, 0.4) is 0 Å². The maximum atomic E-state index is 10.3. The van der Waals surface area contributed by atoms with Gasteiger partial charge in [-0.2, -0.15) is 0 Å². The molecule has 0 aliphatic carbocycles. The third-order valence-corrected chi connectivity index (χ3v) is 0.962. The topological polar surface area (TPSA) is 35.5 Å². The minimum Gasteiger partial charge on any atom is -0.317 e. The summed E-state index contributed by atoms with van der Waals surface area (Å²) in [6.07, 6.45) is -0.770. The first-order valence-corrected chi connectivity index (χ1v) is 2.51. The van der Waals surface area contributed by atoms with Crippen molar-refractivity contribution >= 4 is 5.78 Å². The molecule has 3 nitrogen and oxygen atoms in total. The lowest BCUT2D eigenvalue weighted by molar-refractivity contribution is -0.356. The van der Waals surface area contributed by atoms with Crippen LogP contribution in [0, 0.1) is 0 Å². The van der Waals surface area contributed by atoms with Gasteiger partial charge in [-0.25, -0.2) is 0 Å². The monoisotopic (exact) mass is 116 g/mol. The zero-order chi connectivity index (χ0) is 6.15. The fourth-order valence-corrected chi connectivity index (χ4v) is 0.550. The fraction of sp³-hybridized carbons (Fsp3) is 0.800. The second-order valence-electron chi connectivity index (χ2n) is 1.78. The molecule has 1 heterocycles. The smallest absolute Gasteiger partial charge is 0.222 e. The zero-order valence-corrected chi connectivity index (χ0v) is 4.88. The van der Waals surface area contributed by atoms with Crippen LogP contribution in [0.15, 0.2) is 0 Å². The van der Waals surface area contributed by atoms with Crippen LogP contribution in [-0.2, 0) is 14.3 Å². The average Bonchev–Trinajstić information content (AvgIpc) is 1.57. The first-order chi connectivity index (χ1) is 3.70. The van der Waals surface area contributed by atoms with Crippen molar-refractivity contribution in [3.63, 3.8) is 0 Å². The van der Waals surface area contributed by atoms with E-state index in [9.17, 15) is 4.79 Å². The van der Waals surface area contributed by atoms with E-state index in [1.807, 2.05) is 0 Å². The molecule has 3 heteroatoms. The largest absolute Gasteiger partial charge is 0.317 e. The van der Waals surface area contributed by atoms with Crippen LogP contribution >= 0.6 is 0 Å². The number of rotatable bonds is 1. The predicted octanol–water partition coefficient (Wildman–Crippen LogP) is 0.294. The van der Waals surface area contributed by atoms with Crippen LogP contribution in [0.1, 0.15) is 13.8 Å². The maximum absolute atomic E-state index is 10.3. The van der Waals surface area contributed by atoms with Crippen LogP contribution in [0.25, 0.3) is 0 Å². The third kappa shape index (κ3) is 0.877. The van der Waals surface area contributed by atoms with Gasteiger partial charge in [0.25, 0.3) is 0 Å². The van der Waals surface area contributed by atoms with E-state index >= 15 is 0 Å². The molecular formula is C5H8O3. The summed E-state index contributed by atoms with van der Waals surface area (Å²) in [5.74, 6) is -0.0666. The fourth-order valence-electron chi connectivity index (χ4n) is 0.550. The Bertz CT molecular complexity index is 104. The molecule has 1 rings (SSSR count). The van der Waals surface area contributed by atoms with Crippen molar-refractivity contribution in [2.24, 2.45) is 0 Å². The van der Waals surface area contributed by atoms with Crippen molar-refractivity contribution in [3.8, 4) is 0 Å². The second-order valence-corrected chi connectivity index (χ2v) is 1.78. The van der Waals surface area contributed by atoms with E-state index in [0.717, 1.165) is 0 Å². The van der Waals surface area contributed by atoms with Gasteiger partial charge in [-0.15, -0.1) is 0 Å². The molecule has 1 fully saturated rings. The molecule has 46 valence electrons. The quantitative estimate of drug-likeness (QED) is 0.494. The minimum atomic E-state index is -0.579. The van der Waals surface area contributed by atoms with Gasteiger partial charge >= 0.3 is 0 Å². The van der Waals surface area contributed by atoms with Crippen LogP contribution in [0.5, 0.6) is 0 Å². The summed E-state index contributed by atoms with van der Waals surface area (Å²) in [5.41, 5.74) is 0. The molecule has 0 atom stereocenters. The molecule has 0 saturated carbocycles. The number of carbonyl (C=O) groups excluding carboxylic acids is 1. The highest BCUT2D eigenvalue weighted by atomic mass is 16.9. The summed E-state index contributed by atoms with van der Waals surface area (Å²) < 4.78 is 9.66. The molecule has 0 N–H and O–H groups in total. The Balaban J connectivity index is 2.25. The van der Waals surface area contributed by atoms with Crippen molar-refractivity contribution in [1.29, 1.82) is 0 Å². The molecular weight excluding hydrogens is 108 g/mol. The number of ether oxygens (including phenoxy) is 2. The Labute approximate surface area is 47.6 Å². The molecule has 0 aromatic heterocycles. The molecule has 1 saturated heterocycles. The first-order valence-electron chi connectivity index (χ1n) is 2.51. The van der Waals surface area contributed by atoms with E-state index in [1.54, 1.807) is 6.92 Å². The molecule has 0 unspecified atom stereocenters. The molecule has 0 amide bonds. The lowest BCUT2D eigenvalue weighted by Crippen LogP contribution is -2.43. The lowest BCUT2D eigenvalue weighted by Gasteiger charge is -2.31. The number of Topliss-reactive ketones (excluding diaryl/α,β-unsaturated/α-hetero) is 1. The Morgan fingerprint density at radius 2 is 2.00 bits per heavy atom. The molecule has 0 aromatic rings. The zero-order valence-electron chi connectivity index (χ0n) is 4.88. The number of hydrogen-bond donors (Lipinski definition) is 0. The van der Waals surface area contributed by atoms with Gasteiger partial charge in [-0.05, 0) is 13.8 Å². The van der Waals surface area contributed by atoms with E-state index in [2.05, 4.69) is 0 Å². The molecule has 0 radical (unpaired) electrons. The Morgan fingerprint density at radius 1 is 1.50 bits per heavy atom. The van der Waals surface area contributed by atoms with Gasteiger partial charge in [0.15, 0.2) is 12.1 Å². The summed E-state index contributed by atoms with van der Waals surface area (Å²) >= 11 is 0. The molecule has 1 aliphatic heterocycles. The second kappa shape index (κ2) is 1.84. The number of ketones is 1. The van der Waals surface area contributed by atoms with E-state index in [1.165, 1.54) is 6.92 Å². The van der Waals surface area contributed by atoms with Crippen LogP contribution in [-0.4, -0.2) is 18.4 Å². The highest BCUT2D eigenvalue weighted by Crippen LogP contribution is 2.15. The molecule has 0 bridgehead atoms. The van der Waals surface area contributed by atoms with Gasteiger partial charge in [0, 0.05) is 0 Å². The van der Waals surface area contributed by atoms with E-state index in [4.69, 9.17) is 9.47 Å². The molecule has 0 spiro atoms. The van der Waals surface area contributed by atoms with Crippen molar-refractivity contribution in [1.82, 2.24) is 0 Å². The number of carbonyl (C=O) groups is 1. The van der Waals surface area contributed by atoms with Crippen LogP contribution < -0.4 is 0 Å². The summed E-state index contributed by atoms with van der Waals surface area (Å²) in [6, 6.07) is 0. The van der Waals surface area contributed by atoms with Crippen molar-refractivity contribution in [2.75, 3.05) is 0 Å². The van der Waals surface area contributed by atoms with E-state index in [0.29, 0.717) is 0 Å². The lowest BCUT2D eigenvalue weighted by atomic mass is 10.4. The summed E-state index contributed by atoms with van der Waals surface area (Å²) in [6.45, 7) is 3.19. The van der Waals surface area contributed by atoms with Crippen molar-refractivity contribution in [3.05, 3.63) is 0 Å². The highest BCUT2D eigenvalue weighted by molar-refractivity contribution is 5.79. The van der Waals surface area contributed by atoms with Gasteiger partial charge in [-0.3, -0.25) is 4.79 Å². The minimum absolute atomic E-state index is 0.0666.